The quantitative estimate of drug-likeness (QED) is 0.710. The summed E-state index contributed by atoms with van der Waals surface area (Å²) in [6.45, 7) is 6.36. The number of nitrogens with one attached hydrogen (secondary N) is 2. The van der Waals surface area contributed by atoms with Crippen LogP contribution in [0.2, 0.25) is 0 Å². The van der Waals surface area contributed by atoms with Crippen LogP contribution in [0, 0.1) is 5.92 Å². The number of hydrogen-bond acceptors (Lipinski definition) is 4. The molecule has 0 spiro atoms. The van der Waals surface area contributed by atoms with Gasteiger partial charge in [-0.25, -0.2) is 4.68 Å². The van der Waals surface area contributed by atoms with E-state index in [-0.39, 0.29) is 24.2 Å². The van der Waals surface area contributed by atoms with Crippen LogP contribution in [0.3, 0.4) is 0 Å². The third-order valence-corrected chi connectivity index (χ3v) is 3.71. The van der Waals surface area contributed by atoms with Crippen LogP contribution in [0.5, 0.6) is 5.88 Å². The third-order valence-electron chi connectivity index (χ3n) is 3.71. The van der Waals surface area contributed by atoms with E-state index in [1.165, 1.54) is 0 Å². The normalized spacial score (nSPS) is 13.9. The molecule has 1 saturated carbocycles. The minimum atomic E-state index is 0. The van der Waals surface area contributed by atoms with Gasteiger partial charge >= 0.3 is 0 Å². The standard InChI is InChI=1S/C15H26N4O2.ClH/c1-10(2)13-12(15(21-4)19(3)18-13)9-16-7-8-17-14(20)11-5-6-11;/h10-11,16H,5-9H2,1-4H3,(H,17,20);1H. The Balaban J connectivity index is 0.00000242. The average Bonchev–Trinajstić information content (AvgIpc) is 3.23. The van der Waals surface area contributed by atoms with Crippen molar-refractivity contribution in [2.75, 3.05) is 20.2 Å². The van der Waals surface area contributed by atoms with E-state index in [0.717, 1.165) is 36.5 Å². The summed E-state index contributed by atoms with van der Waals surface area (Å²) in [6.07, 6.45) is 2.09. The van der Waals surface area contributed by atoms with Crippen molar-refractivity contribution in [3.8, 4) is 5.88 Å². The highest BCUT2D eigenvalue weighted by atomic mass is 35.5. The second-order valence-electron chi connectivity index (χ2n) is 5.89. The fraction of sp³-hybridized carbons (Fsp3) is 0.733. The van der Waals surface area contributed by atoms with Crippen molar-refractivity contribution >= 4 is 18.3 Å². The number of methoxy groups -OCH3 is 1. The predicted molar refractivity (Wildman–Crippen MR) is 88.5 cm³/mol. The SMILES string of the molecule is COc1c(CNCCNC(=O)C2CC2)c(C(C)C)nn1C.Cl. The van der Waals surface area contributed by atoms with Crippen molar-refractivity contribution in [2.45, 2.75) is 39.2 Å². The lowest BCUT2D eigenvalue weighted by Gasteiger charge is -2.10. The number of nitrogens with zero attached hydrogens (tertiary/aromatic N) is 2. The fourth-order valence-electron chi connectivity index (χ4n) is 2.43. The summed E-state index contributed by atoms with van der Waals surface area (Å²) >= 11 is 0. The molecule has 0 radical (unpaired) electrons. The summed E-state index contributed by atoms with van der Waals surface area (Å²) in [4.78, 5) is 11.5. The van der Waals surface area contributed by atoms with Gasteiger partial charge in [0.05, 0.1) is 18.4 Å². The first kappa shape index (κ1) is 18.8. The van der Waals surface area contributed by atoms with Crippen LogP contribution in [-0.4, -0.2) is 35.9 Å². The molecule has 0 bridgehead atoms. The minimum absolute atomic E-state index is 0. The van der Waals surface area contributed by atoms with Crippen molar-refractivity contribution < 1.29 is 9.53 Å². The summed E-state index contributed by atoms with van der Waals surface area (Å²) in [7, 11) is 3.56. The lowest BCUT2D eigenvalue weighted by molar-refractivity contribution is -0.122. The average molecular weight is 331 g/mol. The van der Waals surface area contributed by atoms with E-state index in [9.17, 15) is 4.79 Å². The number of ether oxygens (including phenoxy) is 1. The van der Waals surface area contributed by atoms with E-state index in [4.69, 9.17) is 4.74 Å². The van der Waals surface area contributed by atoms with Gasteiger partial charge in [-0.15, -0.1) is 12.4 Å². The second kappa shape index (κ2) is 8.39. The summed E-state index contributed by atoms with van der Waals surface area (Å²) in [5.74, 6) is 1.62. The van der Waals surface area contributed by atoms with Crippen LogP contribution >= 0.6 is 12.4 Å². The van der Waals surface area contributed by atoms with Gasteiger partial charge in [-0.05, 0) is 18.8 Å². The van der Waals surface area contributed by atoms with Gasteiger partial charge in [0, 0.05) is 32.6 Å². The number of halogens is 1. The van der Waals surface area contributed by atoms with E-state index in [1.54, 1.807) is 11.8 Å². The number of carbonyl (C=O) groups is 1. The van der Waals surface area contributed by atoms with E-state index in [0.29, 0.717) is 19.0 Å². The van der Waals surface area contributed by atoms with E-state index >= 15 is 0 Å². The Morgan fingerprint density at radius 2 is 2.09 bits per heavy atom. The number of carbonyl (C=O) groups excluding carboxylic acids is 1. The number of rotatable bonds is 8. The maximum atomic E-state index is 11.5. The molecule has 2 N–H and O–H groups in total. The lowest BCUT2D eigenvalue weighted by atomic mass is 10.1. The highest BCUT2D eigenvalue weighted by Gasteiger charge is 2.29. The molecule has 126 valence electrons. The highest BCUT2D eigenvalue weighted by molar-refractivity contribution is 5.85. The zero-order valence-corrected chi connectivity index (χ0v) is 14.6. The first-order valence-electron chi connectivity index (χ1n) is 7.62. The zero-order chi connectivity index (χ0) is 15.4. The molecule has 1 heterocycles. The molecular formula is C15H27ClN4O2. The maximum absolute atomic E-state index is 11.5. The van der Waals surface area contributed by atoms with Crippen LogP contribution in [0.1, 0.15) is 43.9 Å². The molecule has 6 nitrogen and oxygen atoms in total. The molecule has 1 aliphatic rings. The van der Waals surface area contributed by atoms with Gasteiger partial charge in [0.25, 0.3) is 0 Å². The first-order chi connectivity index (χ1) is 10.0. The molecule has 0 atom stereocenters. The Bertz CT molecular complexity index is 498. The van der Waals surface area contributed by atoms with E-state index in [2.05, 4.69) is 29.6 Å². The molecule has 1 amide bonds. The van der Waals surface area contributed by atoms with Gasteiger partial charge in [0.1, 0.15) is 0 Å². The Morgan fingerprint density at radius 1 is 1.41 bits per heavy atom. The third kappa shape index (κ3) is 4.61. The Kier molecular flexibility index (Phi) is 7.16. The molecule has 1 aromatic rings. The molecule has 0 saturated heterocycles. The topological polar surface area (TPSA) is 68.2 Å². The van der Waals surface area contributed by atoms with Gasteiger partial charge in [-0.1, -0.05) is 13.8 Å². The zero-order valence-electron chi connectivity index (χ0n) is 13.8. The van der Waals surface area contributed by atoms with Crippen molar-refractivity contribution in [2.24, 2.45) is 13.0 Å². The Hall–Kier alpha value is -1.27. The molecular weight excluding hydrogens is 304 g/mol. The maximum Gasteiger partial charge on any atom is 0.223 e. The molecule has 22 heavy (non-hydrogen) atoms. The number of amides is 1. The van der Waals surface area contributed by atoms with Crippen LogP contribution in [-0.2, 0) is 18.4 Å². The van der Waals surface area contributed by atoms with Crippen molar-refractivity contribution in [1.29, 1.82) is 0 Å². The van der Waals surface area contributed by atoms with Crippen LogP contribution in [0.4, 0.5) is 0 Å². The highest BCUT2D eigenvalue weighted by Crippen LogP contribution is 2.28. The minimum Gasteiger partial charge on any atom is -0.481 e. The second-order valence-corrected chi connectivity index (χ2v) is 5.89. The number of hydrogen-bond donors (Lipinski definition) is 2. The largest absolute Gasteiger partial charge is 0.481 e. The van der Waals surface area contributed by atoms with Gasteiger partial charge in [0.15, 0.2) is 0 Å². The molecule has 0 aromatic carbocycles. The van der Waals surface area contributed by atoms with E-state index in [1.807, 2.05) is 7.05 Å². The van der Waals surface area contributed by atoms with Crippen molar-refractivity contribution in [3.63, 3.8) is 0 Å². The molecule has 1 fully saturated rings. The van der Waals surface area contributed by atoms with Crippen molar-refractivity contribution in [3.05, 3.63) is 11.3 Å². The van der Waals surface area contributed by atoms with Crippen LogP contribution < -0.4 is 15.4 Å². The van der Waals surface area contributed by atoms with Crippen molar-refractivity contribution in [1.82, 2.24) is 20.4 Å². The van der Waals surface area contributed by atoms with Crippen LogP contribution in [0.15, 0.2) is 0 Å². The number of aryl methyl sites for hydroxylation is 1. The number of aromatic nitrogens is 2. The Morgan fingerprint density at radius 3 is 2.64 bits per heavy atom. The van der Waals surface area contributed by atoms with Gasteiger partial charge in [-0.3, -0.25) is 4.79 Å². The van der Waals surface area contributed by atoms with Gasteiger partial charge in [0.2, 0.25) is 11.8 Å². The predicted octanol–water partition coefficient (Wildman–Crippen LogP) is 1.59. The summed E-state index contributed by atoms with van der Waals surface area (Å²) < 4.78 is 7.21. The molecule has 0 aliphatic heterocycles. The summed E-state index contributed by atoms with van der Waals surface area (Å²) in [6, 6.07) is 0. The first-order valence-corrected chi connectivity index (χ1v) is 7.62. The van der Waals surface area contributed by atoms with Gasteiger partial charge in [-0.2, -0.15) is 5.10 Å². The smallest absolute Gasteiger partial charge is 0.223 e. The van der Waals surface area contributed by atoms with E-state index < -0.39 is 0 Å². The molecule has 2 rings (SSSR count). The van der Waals surface area contributed by atoms with Gasteiger partial charge < -0.3 is 15.4 Å². The monoisotopic (exact) mass is 330 g/mol. The molecule has 1 aromatic heterocycles. The lowest BCUT2D eigenvalue weighted by Crippen LogP contribution is -2.32. The van der Waals surface area contributed by atoms with Crippen LogP contribution in [0.25, 0.3) is 0 Å². The fourth-order valence-corrected chi connectivity index (χ4v) is 2.43. The summed E-state index contributed by atoms with van der Waals surface area (Å²) in [5.41, 5.74) is 2.16. The summed E-state index contributed by atoms with van der Waals surface area (Å²) in [5, 5.41) is 10.8. The molecule has 0 unspecified atom stereocenters. The molecule has 7 heteroatoms. The molecule has 1 aliphatic carbocycles. The Labute approximate surface area is 138 Å².